The van der Waals surface area contributed by atoms with Crippen LogP contribution in [0.3, 0.4) is 0 Å². The van der Waals surface area contributed by atoms with Gasteiger partial charge in [-0.1, -0.05) is 0 Å². The Bertz CT molecular complexity index is 461. The van der Waals surface area contributed by atoms with E-state index >= 15 is 0 Å². The minimum Gasteiger partial charge on any atom is -0.355 e. The summed E-state index contributed by atoms with van der Waals surface area (Å²) in [5.41, 5.74) is 7.83. The molecule has 2 rings (SSSR count). The molecule has 0 atom stereocenters. The molecule has 1 aliphatic rings. The number of aryl methyl sites for hydroxylation is 1. The molecule has 0 radical (unpaired) electrons. The van der Waals surface area contributed by atoms with Crippen LogP contribution in [0, 0.1) is 6.92 Å². The fraction of sp³-hybridized carbons (Fsp3) is 0.571. The quantitative estimate of drug-likeness (QED) is 0.860. The smallest absolute Gasteiger partial charge is 0.219 e. The average molecular weight is 262 g/mol. The predicted octanol–water partition coefficient (Wildman–Crippen LogP) is 0.907. The molecule has 5 nitrogen and oxygen atoms in total. The Hall–Kier alpha value is -1.62. The molecule has 2 N–H and O–H groups in total. The molecule has 1 aromatic rings. The van der Waals surface area contributed by atoms with E-state index in [1.807, 2.05) is 11.1 Å². The lowest BCUT2D eigenvalue weighted by Crippen LogP contribution is -2.34. The molecular formula is C14H22N4O. The molecule has 0 saturated carbocycles. The van der Waals surface area contributed by atoms with E-state index in [1.54, 1.807) is 6.92 Å². The SMILES string of the molecule is CC(=O)N1CCCN(c2ncc(CN)cc2C)CC1. The fourth-order valence-corrected chi connectivity index (χ4v) is 2.51. The third kappa shape index (κ3) is 3.23. The van der Waals surface area contributed by atoms with E-state index in [1.165, 1.54) is 0 Å². The van der Waals surface area contributed by atoms with Crippen molar-refractivity contribution in [3.8, 4) is 0 Å². The van der Waals surface area contributed by atoms with Gasteiger partial charge in [-0.25, -0.2) is 4.98 Å². The van der Waals surface area contributed by atoms with Crippen molar-refractivity contribution in [2.24, 2.45) is 5.73 Å². The van der Waals surface area contributed by atoms with Crippen LogP contribution in [0.1, 0.15) is 24.5 Å². The molecule has 0 aliphatic carbocycles. The molecule has 1 saturated heterocycles. The molecule has 1 amide bonds. The minimum atomic E-state index is 0.157. The molecule has 1 aliphatic heterocycles. The highest BCUT2D eigenvalue weighted by Crippen LogP contribution is 2.19. The Labute approximate surface area is 114 Å². The number of nitrogens with two attached hydrogens (primary N) is 1. The van der Waals surface area contributed by atoms with Gasteiger partial charge in [-0.15, -0.1) is 0 Å². The van der Waals surface area contributed by atoms with Crippen LogP contribution in [0.25, 0.3) is 0 Å². The summed E-state index contributed by atoms with van der Waals surface area (Å²) in [7, 11) is 0. The van der Waals surface area contributed by atoms with Crippen molar-refractivity contribution in [1.82, 2.24) is 9.88 Å². The van der Waals surface area contributed by atoms with Crippen molar-refractivity contribution in [2.75, 3.05) is 31.1 Å². The molecule has 0 aromatic carbocycles. The highest BCUT2D eigenvalue weighted by Gasteiger charge is 2.18. The largest absolute Gasteiger partial charge is 0.355 e. The Kier molecular flexibility index (Phi) is 4.37. The van der Waals surface area contributed by atoms with Gasteiger partial charge in [-0.2, -0.15) is 0 Å². The van der Waals surface area contributed by atoms with Crippen LogP contribution >= 0.6 is 0 Å². The maximum Gasteiger partial charge on any atom is 0.219 e. The number of carbonyl (C=O) groups is 1. The van der Waals surface area contributed by atoms with Gasteiger partial charge in [0, 0.05) is 45.8 Å². The standard InChI is InChI=1S/C14H22N4O/c1-11-8-13(9-15)10-16-14(11)18-5-3-4-17(6-7-18)12(2)19/h8,10H,3-7,9,15H2,1-2H3. The Morgan fingerprint density at radius 3 is 2.79 bits per heavy atom. The maximum absolute atomic E-state index is 11.4. The molecule has 19 heavy (non-hydrogen) atoms. The first-order valence-corrected chi connectivity index (χ1v) is 6.78. The Morgan fingerprint density at radius 2 is 2.16 bits per heavy atom. The Balaban J connectivity index is 2.12. The maximum atomic E-state index is 11.4. The van der Waals surface area contributed by atoms with Crippen molar-refractivity contribution in [2.45, 2.75) is 26.8 Å². The number of pyridine rings is 1. The van der Waals surface area contributed by atoms with E-state index in [-0.39, 0.29) is 5.91 Å². The predicted molar refractivity (Wildman–Crippen MR) is 75.9 cm³/mol. The van der Waals surface area contributed by atoms with Crippen LogP contribution in [0.5, 0.6) is 0 Å². The van der Waals surface area contributed by atoms with Crippen molar-refractivity contribution in [1.29, 1.82) is 0 Å². The number of hydrogen-bond acceptors (Lipinski definition) is 4. The van der Waals surface area contributed by atoms with Gasteiger partial charge >= 0.3 is 0 Å². The normalized spacial score (nSPS) is 16.4. The number of aromatic nitrogens is 1. The van der Waals surface area contributed by atoms with Gasteiger partial charge in [0.1, 0.15) is 5.82 Å². The second kappa shape index (κ2) is 6.02. The molecular weight excluding hydrogens is 240 g/mol. The van der Waals surface area contributed by atoms with Gasteiger partial charge in [0.05, 0.1) is 0 Å². The lowest BCUT2D eigenvalue weighted by atomic mass is 10.2. The fourth-order valence-electron chi connectivity index (χ4n) is 2.51. The second-order valence-corrected chi connectivity index (χ2v) is 5.03. The third-order valence-corrected chi connectivity index (χ3v) is 3.58. The van der Waals surface area contributed by atoms with E-state index in [4.69, 9.17) is 5.73 Å². The number of carbonyl (C=O) groups excluding carboxylic acids is 1. The van der Waals surface area contributed by atoms with Crippen molar-refractivity contribution >= 4 is 11.7 Å². The summed E-state index contributed by atoms with van der Waals surface area (Å²) in [4.78, 5) is 20.1. The zero-order chi connectivity index (χ0) is 13.8. The molecule has 0 unspecified atom stereocenters. The molecule has 0 bridgehead atoms. The summed E-state index contributed by atoms with van der Waals surface area (Å²) in [5, 5.41) is 0. The van der Waals surface area contributed by atoms with Crippen LogP contribution in [-0.2, 0) is 11.3 Å². The molecule has 2 heterocycles. The first kappa shape index (κ1) is 13.8. The number of amides is 1. The lowest BCUT2D eigenvalue weighted by Gasteiger charge is -2.24. The van der Waals surface area contributed by atoms with Gasteiger partial charge in [0.2, 0.25) is 5.91 Å². The summed E-state index contributed by atoms with van der Waals surface area (Å²) in [5.74, 6) is 1.17. The second-order valence-electron chi connectivity index (χ2n) is 5.03. The summed E-state index contributed by atoms with van der Waals surface area (Å²) < 4.78 is 0. The van der Waals surface area contributed by atoms with Crippen molar-refractivity contribution < 1.29 is 4.79 Å². The first-order chi connectivity index (χ1) is 9.11. The van der Waals surface area contributed by atoms with Crippen LogP contribution in [0.4, 0.5) is 5.82 Å². The lowest BCUT2D eigenvalue weighted by molar-refractivity contribution is -0.128. The number of hydrogen-bond donors (Lipinski definition) is 1. The summed E-state index contributed by atoms with van der Waals surface area (Å²) in [6.45, 7) is 7.62. The zero-order valence-corrected chi connectivity index (χ0v) is 11.7. The van der Waals surface area contributed by atoms with Gasteiger partial charge in [-0.05, 0) is 30.5 Å². The molecule has 104 valence electrons. The third-order valence-electron chi connectivity index (χ3n) is 3.58. The number of rotatable bonds is 2. The average Bonchev–Trinajstić information content (AvgIpc) is 2.64. The number of nitrogens with zero attached hydrogens (tertiary/aromatic N) is 3. The number of anilines is 1. The van der Waals surface area contributed by atoms with Crippen LogP contribution in [0.15, 0.2) is 12.3 Å². The van der Waals surface area contributed by atoms with E-state index in [9.17, 15) is 4.79 Å². The van der Waals surface area contributed by atoms with E-state index < -0.39 is 0 Å². The van der Waals surface area contributed by atoms with Gasteiger partial charge in [-0.3, -0.25) is 4.79 Å². The van der Waals surface area contributed by atoms with Crippen LogP contribution in [0.2, 0.25) is 0 Å². The zero-order valence-electron chi connectivity index (χ0n) is 11.7. The van der Waals surface area contributed by atoms with E-state index in [2.05, 4.69) is 22.9 Å². The van der Waals surface area contributed by atoms with Gasteiger partial charge < -0.3 is 15.5 Å². The molecule has 5 heteroatoms. The monoisotopic (exact) mass is 262 g/mol. The van der Waals surface area contributed by atoms with Crippen LogP contribution < -0.4 is 10.6 Å². The van der Waals surface area contributed by atoms with Gasteiger partial charge in [0.25, 0.3) is 0 Å². The van der Waals surface area contributed by atoms with E-state index in [0.717, 1.165) is 49.5 Å². The molecule has 1 aromatic heterocycles. The van der Waals surface area contributed by atoms with Crippen LogP contribution in [-0.4, -0.2) is 42.0 Å². The Morgan fingerprint density at radius 1 is 1.37 bits per heavy atom. The molecule has 0 spiro atoms. The highest BCUT2D eigenvalue weighted by molar-refractivity contribution is 5.73. The molecule has 1 fully saturated rings. The summed E-state index contributed by atoms with van der Waals surface area (Å²) in [6, 6.07) is 2.09. The summed E-state index contributed by atoms with van der Waals surface area (Å²) in [6.07, 6.45) is 2.83. The van der Waals surface area contributed by atoms with Crippen molar-refractivity contribution in [3.05, 3.63) is 23.4 Å². The highest BCUT2D eigenvalue weighted by atomic mass is 16.2. The first-order valence-electron chi connectivity index (χ1n) is 6.78. The van der Waals surface area contributed by atoms with Gasteiger partial charge in [0.15, 0.2) is 0 Å². The topological polar surface area (TPSA) is 62.5 Å². The summed E-state index contributed by atoms with van der Waals surface area (Å²) >= 11 is 0. The minimum absolute atomic E-state index is 0.157. The van der Waals surface area contributed by atoms with Crippen molar-refractivity contribution in [3.63, 3.8) is 0 Å². The van der Waals surface area contributed by atoms with E-state index in [0.29, 0.717) is 6.54 Å².